The highest BCUT2D eigenvalue weighted by atomic mass is 32.2. The van der Waals surface area contributed by atoms with Gasteiger partial charge < -0.3 is 19.2 Å². The zero-order chi connectivity index (χ0) is 73.7. The van der Waals surface area contributed by atoms with Crippen LogP contribution in [0.2, 0.25) is 0 Å². The number of unbranched alkanes of at least 4 members (excludes halogenated alkanes) is 56. The largest absolute Gasteiger partial charge is 0.478 e. The van der Waals surface area contributed by atoms with E-state index in [2.05, 4.69) is 55.4 Å². The van der Waals surface area contributed by atoms with Crippen molar-refractivity contribution in [1.29, 1.82) is 0 Å². The third-order valence-corrected chi connectivity index (χ3v) is 23.5. The van der Waals surface area contributed by atoms with Gasteiger partial charge in [0.2, 0.25) is 0 Å². The Kier molecular flexibility index (Phi) is 75.5. The van der Waals surface area contributed by atoms with Gasteiger partial charge in [-0.3, -0.25) is 0 Å². The van der Waals surface area contributed by atoms with Crippen LogP contribution < -0.4 is 0 Å². The number of carbonyl (C=O) groups is 2. The molecule has 7 heteroatoms. The van der Waals surface area contributed by atoms with Crippen LogP contribution >= 0.6 is 11.8 Å². The van der Waals surface area contributed by atoms with Crippen molar-refractivity contribution < 1.29 is 28.8 Å². The molecule has 0 aliphatic carbocycles. The summed E-state index contributed by atoms with van der Waals surface area (Å²) in [7, 11) is 0. The van der Waals surface area contributed by atoms with E-state index < -0.39 is 11.9 Å². The fraction of sp³-hybridized carbons (Fsp3) is 0.851. The molecule has 0 amide bonds. The lowest BCUT2D eigenvalue weighted by Gasteiger charge is -2.40. The van der Waals surface area contributed by atoms with Crippen LogP contribution in [0.15, 0.2) is 58.3 Å². The third kappa shape index (κ3) is 62.4. The number of hydrogen-bond acceptors (Lipinski definition) is 3. The molecule has 2 rings (SSSR count). The van der Waals surface area contributed by atoms with Crippen molar-refractivity contribution in [2.45, 2.75) is 476 Å². The Bertz CT molecular complexity index is 1700. The molecule has 0 unspecified atom stereocenters. The normalized spacial score (nSPS) is 11.6. The van der Waals surface area contributed by atoms with Crippen LogP contribution in [0.25, 0.3) is 0 Å². The molecule has 6 nitrogen and oxygen atoms in total. The fourth-order valence-electron chi connectivity index (χ4n) is 15.6. The van der Waals surface area contributed by atoms with Gasteiger partial charge in [0.25, 0.3) is 0 Å². The van der Waals surface area contributed by atoms with Crippen molar-refractivity contribution in [2.24, 2.45) is 0 Å². The summed E-state index contributed by atoms with van der Waals surface area (Å²) in [4.78, 5) is 23.2. The van der Waals surface area contributed by atoms with Crippen LogP contribution in [0.1, 0.15) is 487 Å². The summed E-state index contributed by atoms with van der Waals surface area (Å²) in [5, 5.41) is 18.2. The van der Waals surface area contributed by atoms with Gasteiger partial charge >= 0.3 is 11.9 Å². The number of quaternary nitrogens is 2. The van der Waals surface area contributed by atoms with Crippen LogP contribution in [-0.2, 0) is 0 Å². The predicted octanol–water partition coefficient (Wildman–Crippen LogP) is 32.0. The molecular formula is C94H178N2O4S+2. The Morgan fingerprint density at radius 1 is 0.218 bits per heavy atom. The van der Waals surface area contributed by atoms with E-state index in [9.17, 15) is 9.59 Å². The first-order valence-corrected chi connectivity index (χ1v) is 46.4. The second-order valence-corrected chi connectivity index (χ2v) is 33.1. The highest BCUT2D eigenvalue weighted by Gasteiger charge is 2.28. The Labute approximate surface area is 636 Å². The number of rotatable bonds is 76. The van der Waals surface area contributed by atoms with E-state index in [0.29, 0.717) is 9.79 Å². The minimum Gasteiger partial charge on any atom is -0.478 e. The van der Waals surface area contributed by atoms with Crippen LogP contribution in [0.5, 0.6) is 0 Å². The summed E-state index contributed by atoms with van der Waals surface area (Å²) < 4.78 is 2.97. The topological polar surface area (TPSA) is 74.6 Å². The highest BCUT2D eigenvalue weighted by molar-refractivity contribution is 7.99. The quantitative estimate of drug-likeness (QED) is 0.0510. The second kappa shape index (κ2) is 77.3. The molecule has 0 aliphatic heterocycles. The van der Waals surface area contributed by atoms with E-state index in [0.717, 1.165) is 11.8 Å². The van der Waals surface area contributed by atoms with Crippen molar-refractivity contribution in [1.82, 2.24) is 0 Å². The molecule has 0 atom stereocenters. The lowest BCUT2D eigenvalue weighted by Crippen LogP contribution is -2.50. The van der Waals surface area contributed by atoms with Gasteiger partial charge in [0.15, 0.2) is 0 Å². The first-order chi connectivity index (χ1) is 49.6. The van der Waals surface area contributed by atoms with Gasteiger partial charge in [0.05, 0.1) is 63.5 Å². The molecule has 2 aromatic rings. The SMILES string of the molecule is CCCCCCCCCC[N+](CCCCCCCCCC)(CCCCCCCCCC)CCCCCCCCCC.CCCCCCCCCC[N+](CCCCCCCCCC)(CCCCCCCCCC)CCCCCCCCCC.O=C(O)c1ccccc1Sc1ccccc1C(=O)O. The standard InChI is InChI=1S/2C40H84N.C14H10O4S/c2*1-5-9-13-17-21-25-29-33-37-41(38-34-30-26-22-18-14-10-6-2,39-35-31-27-23-19-15-11-7-3)40-36-32-28-24-20-16-12-8-4;15-13(16)9-5-1-3-7-11(9)19-12-8-4-2-6-10(12)14(17)18/h2*5-40H2,1-4H3;1-8H,(H,15,16)(H,17,18)/q2*+1;. The van der Waals surface area contributed by atoms with Crippen molar-refractivity contribution in [3.8, 4) is 0 Å². The van der Waals surface area contributed by atoms with E-state index in [1.54, 1.807) is 36.4 Å². The van der Waals surface area contributed by atoms with Crippen LogP contribution in [0, 0.1) is 0 Å². The summed E-state index contributed by atoms with van der Waals surface area (Å²) in [6, 6.07) is 13.0. The molecule has 0 saturated heterocycles. The smallest absolute Gasteiger partial charge is 0.336 e. The molecule has 0 fully saturated rings. The van der Waals surface area contributed by atoms with Gasteiger partial charge in [-0.25, -0.2) is 9.59 Å². The molecule has 0 aliphatic rings. The average molecular weight is 1430 g/mol. The van der Waals surface area contributed by atoms with E-state index in [1.807, 2.05) is 0 Å². The Morgan fingerprint density at radius 3 is 0.485 bits per heavy atom. The van der Waals surface area contributed by atoms with Gasteiger partial charge in [-0.05, 0) is 127 Å². The summed E-state index contributed by atoms with van der Waals surface area (Å²) >= 11 is 1.14. The lowest BCUT2D eigenvalue weighted by molar-refractivity contribution is -0.929. The van der Waals surface area contributed by atoms with Crippen LogP contribution in [-0.4, -0.2) is 83.5 Å². The van der Waals surface area contributed by atoms with Crippen LogP contribution in [0.3, 0.4) is 0 Å². The molecule has 2 N–H and O–H groups in total. The van der Waals surface area contributed by atoms with Gasteiger partial charge in [-0.15, -0.1) is 0 Å². The number of benzene rings is 2. The highest BCUT2D eigenvalue weighted by Crippen LogP contribution is 2.33. The van der Waals surface area contributed by atoms with E-state index >= 15 is 0 Å². The van der Waals surface area contributed by atoms with Crippen LogP contribution in [0.4, 0.5) is 0 Å². The maximum absolute atomic E-state index is 11.1. The molecule has 101 heavy (non-hydrogen) atoms. The zero-order valence-electron chi connectivity index (χ0n) is 69.5. The molecule has 0 aromatic heterocycles. The molecule has 0 heterocycles. The van der Waals surface area contributed by atoms with Crippen molar-refractivity contribution in [2.75, 3.05) is 52.4 Å². The van der Waals surface area contributed by atoms with Gasteiger partial charge in [-0.1, -0.05) is 400 Å². The Hall–Kier alpha value is -2.35. The number of carboxylic acid groups (broad SMARTS) is 2. The maximum atomic E-state index is 11.1. The Morgan fingerprint density at radius 2 is 0.347 bits per heavy atom. The summed E-state index contributed by atoms with van der Waals surface area (Å²) in [5.41, 5.74) is 0.320. The monoisotopic (exact) mass is 1430 g/mol. The average Bonchev–Trinajstić information content (AvgIpc) is 0.855. The van der Waals surface area contributed by atoms with Gasteiger partial charge in [0, 0.05) is 9.79 Å². The molecule has 2 aromatic carbocycles. The first-order valence-electron chi connectivity index (χ1n) is 45.6. The summed E-state index contributed by atoms with van der Waals surface area (Å²) in [5.74, 6) is -2.06. The summed E-state index contributed by atoms with van der Waals surface area (Å²) in [6.07, 6.45) is 93.5. The molecule has 0 saturated carbocycles. The number of aromatic carboxylic acids is 2. The van der Waals surface area contributed by atoms with Gasteiger partial charge in [0.1, 0.15) is 0 Å². The van der Waals surface area contributed by atoms with Crippen molar-refractivity contribution in [3.05, 3.63) is 59.7 Å². The number of hydrogen-bond donors (Lipinski definition) is 2. The van der Waals surface area contributed by atoms with E-state index in [-0.39, 0.29) is 11.1 Å². The maximum Gasteiger partial charge on any atom is 0.336 e. The van der Waals surface area contributed by atoms with Crippen molar-refractivity contribution in [3.63, 3.8) is 0 Å². The minimum absolute atomic E-state index is 0.160. The Balaban J connectivity index is 0.00000158. The zero-order valence-corrected chi connectivity index (χ0v) is 70.4. The van der Waals surface area contributed by atoms with Gasteiger partial charge in [-0.2, -0.15) is 0 Å². The van der Waals surface area contributed by atoms with E-state index in [4.69, 9.17) is 10.2 Å². The minimum atomic E-state index is -1.03. The van der Waals surface area contributed by atoms with E-state index in [1.165, 1.54) is 484 Å². The first kappa shape index (κ1) is 98.7. The molecule has 0 bridgehead atoms. The predicted molar refractivity (Wildman–Crippen MR) is 451 cm³/mol. The fourth-order valence-corrected chi connectivity index (χ4v) is 16.6. The third-order valence-electron chi connectivity index (χ3n) is 22.3. The number of carboxylic acids is 2. The second-order valence-electron chi connectivity index (χ2n) is 32.0. The molecule has 0 radical (unpaired) electrons. The number of nitrogens with zero attached hydrogens (tertiary/aromatic N) is 2. The molecular weight excluding hydrogens is 1250 g/mol. The van der Waals surface area contributed by atoms with Crippen molar-refractivity contribution >= 4 is 23.7 Å². The summed E-state index contributed by atoms with van der Waals surface area (Å²) in [6.45, 7) is 30.6. The molecule has 0 spiro atoms. The molecule has 592 valence electrons. The lowest BCUT2D eigenvalue weighted by atomic mass is 10.0.